The van der Waals surface area contributed by atoms with Gasteiger partial charge in [0, 0.05) is 10.9 Å². The van der Waals surface area contributed by atoms with Crippen LogP contribution in [-0.4, -0.2) is 9.97 Å². The second kappa shape index (κ2) is 5.94. The number of hydrogen-bond acceptors (Lipinski definition) is 4. The zero-order chi connectivity index (χ0) is 14.0. The van der Waals surface area contributed by atoms with Crippen LogP contribution in [0, 0.1) is 12.7 Å². The zero-order valence-corrected chi connectivity index (χ0v) is 13.3. The molecule has 0 aliphatic carbocycles. The van der Waals surface area contributed by atoms with E-state index in [1.165, 1.54) is 0 Å². The number of halogens is 2. The molecule has 1 aromatic heterocycles. The molecular formula is C12H11BrFN3S2. The minimum Gasteiger partial charge on any atom is -0.389 e. The molecule has 1 heterocycles. The van der Waals surface area contributed by atoms with Crippen LogP contribution in [0.2, 0.25) is 0 Å². The average Bonchev–Trinajstić information content (AvgIpc) is 2.76. The second-order valence-electron chi connectivity index (χ2n) is 3.86. The number of nitrogens with zero attached hydrogens (tertiary/aromatic N) is 1. The molecule has 0 amide bonds. The predicted molar refractivity (Wildman–Crippen MR) is 84.2 cm³/mol. The lowest BCUT2D eigenvalue weighted by molar-refractivity contribution is 0.623. The molecular weight excluding hydrogens is 349 g/mol. The maximum absolute atomic E-state index is 14.1. The fourth-order valence-electron chi connectivity index (χ4n) is 1.55. The van der Waals surface area contributed by atoms with Crippen LogP contribution in [-0.2, 0) is 6.54 Å². The number of hydrogen-bond donors (Lipinski definition) is 2. The van der Waals surface area contributed by atoms with Crippen molar-refractivity contribution in [2.24, 2.45) is 5.73 Å². The molecule has 0 saturated carbocycles. The van der Waals surface area contributed by atoms with Crippen LogP contribution in [0.1, 0.15) is 16.3 Å². The number of anilines is 1. The SMILES string of the molecule is Cc1nc(CNc2ccc(C(N)=S)c(Br)c2F)cs1. The maximum atomic E-state index is 14.1. The molecule has 19 heavy (non-hydrogen) atoms. The first-order valence-electron chi connectivity index (χ1n) is 5.41. The van der Waals surface area contributed by atoms with E-state index in [4.69, 9.17) is 18.0 Å². The van der Waals surface area contributed by atoms with Gasteiger partial charge in [-0.15, -0.1) is 11.3 Å². The number of nitrogens with one attached hydrogen (secondary N) is 1. The number of aromatic nitrogens is 1. The Bertz CT molecular complexity index is 627. The highest BCUT2D eigenvalue weighted by molar-refractivity contribution is 9.10. The highest BCUT2D eigenvalue weighted by Crippen LogP contribution is 2.27. The molecule has 100 valence electrons. The molecule has 0 fully saturated rings. The summed E-state index contributed by atoms with van der Waals surface area (Å²) in [6.45, 7) is 2.41. The third-order valence-corrected chi connectivity index (χ3v) is 4.29. The first-order chi connectivity index (χ1) is 8.99. The van der Waals surface area contributed by atoms with Crippen LogP contribution in [0.25, 0.3) is 0 Å². The van der Waals surface area contributed by atoms with Gasteiger partial charge in [-0.1, -0.05) is 12.2 Å². The van der Waals surface area contributed by atoms with Gasteiger partial charge < -0.3 is 11.1 Å². The van der Waals surface area contributed by atoms with Crippen molar-refractivity contribution < 1.29 is 4.39 Å². The Balaban J connectivity index is 2.17. The van der Waals surface area contributed by atoms with Crippen LogP contribution in [0.15, 0.2) is 22.0 Å². The first kappa shape index (κ1) is 14.4. The van der Waals surface area contributed by atoms with Crippen LogP contribution < -0.4 is 11.1 Å². The van der Waals surface area contributed by atoms with Crippen molar-refractivity contribution in [1.82, 2.24) is 4.98 Å². The molecule has 0 bridgehead atoms. The second-order valence-corrected chi connectivity index (χ2v) is 6.16. The zero-order valence-electron chi connectivity index (χ0n) is 10.0. The predicted octanol–water partition coefficient (Wildman–Crippen LogP) is 3.60. The Kier molecular flexibility index (Phi) is 4.49. The first-order valence-corrected chi connectivity index (χ1v) is 7.50. The topological polar surface area (TPSA) is 50.9 Å². The lowest BCUT2D eigenvalue weighted by atomic mass is 10.2. The molecule has 0 aliphatic heterocycles. The summed E-state index contributed by atoms with van der Waals surface area (Å²) in [5, 5.41) is 5.94. The average molecular weight is 360 g/mol. The normalized spacial score (nSPS) is 10.5. The van der Waals surface area contributed by atoms with E-state index in [1.807, 2.05) is 12.3 Å². The van der Waals surface area contributed by atoms with Crippen molar-refractivity contribution in [2.45, 2.75) is 13.5 Å². The number of aryl methyl sites for hydroxylation is 1. The Hall–Kier alpha value is -1.05. The van der Waals surface area contributed by atoms with E-state index in [-0.39, 0.29) is 9.46 Å². The summed E-state index contributed by atoms with van der Waals surface area (Å²) in [6, 6.07) is 3.30. The molecule has 0 unspecified atom stereocenters. The van der Waals surface area contributed by atoms with Gasteiger partial charge in [0.25, 0.3) is 0 Å². The number of nitrogens with two attached hydrogens (primary N) is 1. The molecule has 2 aromatic rings. The quantitative estimate of drug-likeness (QED) is 0.818. The van der Waals surface area contributed by atoms with Crippen molar-refractivity contribution in [3.8, 4) is 0 Å². The Labute approximate surface area is 128 Å². The third-order valence-electron chi connectivity index (χ3n) is 2.47. The largest absolute Gasteiger partial charge is 0.389 e. The van der Waals surface area contributed by atoms with Gasteiger partial charge in [-0.3, -0.25) is 0 Å². The molecule has 0 saturated heterocycles. The number of thiocarbonyl (C=S) groups is 1. The van der Waals surface area contributed by atoms with Crippen LogP contribution >= 0.6 is 39.5 Å². The highest BCUT2D eigenvalue weighted by atomic mass is 79.9. The van der Waals surface area contributed by atoms with Crippen LogP contribution in [0.3, 0.4) is 0 Å². The van der Waals surface area contributed by atoms with Crippen LogP contribution in [0.4, 0.5) is 10.1 Å². The molecule has 0 radical (unpaired) electrons. The summed E-state index contributed by atoms with van der Waals surface area (Å²) < 4.78 is 14.4. The number of thiazole rings is 1. The van der Waals surface area contributed by atoms with Gasteiger partial charge in [-0.25, -0.2) is 9.37 Å². The summed E-state index contributed by atoms with van der Waals surface area (Å²) in [5.41, 5.74) is 7.27. The van der Waals surface area contributed by atoms with Crippen molar-refractivity contribution in [3.05, 3.63) is 44.1 Å². The molecule has 0 spiro atoms. The van der Waals surface area contributed by atoms with Gasteiger partial charge in [0.15, 0.2) is 5.82 Å². The minimum absolute atomic E-state index is 0.160. The molecule has 0 atom stereocenters. The molecule has 0 aliphatic rings. The van der Waals surface area contributed by atoms with E-state index in [0.717, 1.165) is 10.7 Å². The summed E-state index contributed by atoms with van der Waals surface area (Å²) >= 11 is 9.58. The fourth-order valence-corrected chi connectivity index (χ4v) is 3.02. The highest BCUT2D eigenvalue weighted by Gasteiger charge is 2.12. The van der Waals surface area contributed by atoms with Crippen molar-refractivity contribution >= 4 is 50.2 Å². The van der Waals surface area contributed by atoms with Gasteiger partial charge in [0.1, 0.15) is 4.99 Å². The summed E-state index contributed by atoms with van der Waals surface area (Å²) in [7, 11) is 0. The Morgan fingerprint density at radius 3 is 2.89 bits per heavy atom. The van der Waals surface area contributed by atoms with E-state index in [9.17, 15) is 4.39 Å². The van der Waals surface area contributed by atoms with Gasteiger partial charge in [-0.05, 0) is 35.0 Å². The monoisotopic (exact) mass is 359 g/mol. The molecule has 7 heteroatoms. The van der Waals surface area contributed by atoms with E-state index in [1.54, 1.807) is 23.5 Å². The maximum Gasteiger partial charge on any atom is 0.161 e. The van der Waals surface area contributed by atoms with E-state index >= 15 is 0 Å². The van der Waals surface area contributed by atoms with E-state index in [0.29, 0.717) is 17.8 Å². The van der Waals surface area contributed by atoms with E-state index in [2.05, 4.69) is 26.2 Å². The van der Waals surface area contributed by atoms with Gasteiger partial charge in [0.05, 0.1) is 27.4 Å². The lowest BCUT2D eigenvalue weighted by Crippen LogP contribution is -2.12. The molecule has 2 rings (SSSR count). The number of rotatable bonds is 4. The molecule has 1 aromatic carbocycles. The fraction of sp³-hybridized carbons (Fsp3) is 0.167. The smallest absolute Gasteiger partial charge is 0.161 e. The van der Waals surface area contributed by atoms with E-state index < -0.39 is 5.82 Å². The van der Waals surface area contributed by atoms with Gasteiger partial charge in [0.2, 0.25) is 0 Å². The summed E-state index contributed by atoms with van der Waals surface area (Å²) in [4.78, 5) is 4.46. The standard InChI is InChI=1S/C12H11BrFN3S2/c1-6-17-7(5-19-6)4-16-9-3-2-8(12(15)18)10(13)11(9)14/h2-3,5,16H,4H2,1H3,(H2,15,18). The Morgan fingerprint density at radius 2 is 2.32 bits per heavy atom. The summed E-state index contributed by atoms with van der Waals surface area (Å²) in [6.07, 6.45) is 0. The van der Waals surface area contributed by atoms with Crippen molar-refractivity contribution in [2.75, 3.05) is 5.32 Å². The minimum atomic E-state index is -0.405. The molecule has 3 nitrogen and oxygen atoms in total. The van der Waals surface area contributed by atoms with Gasteiger partial charge in [-0.2, -0.15) is 0 Å². The van der Waals surface area contributed by atoms with Crippen molar-refractivity contribution in [1.29, 1.82) is 0 Å². The van der Waals surface area contributed by atoms with Crippen molar-refractivity contribution in [3.63, 3.8) is 0 Å². The summed E-state index contributed by atoms with van der Waals surface area (Å²) in [5.74, 6) is -0.405. The van der Waals surface area contributed by atoms with Gasteiger partial charge >= 0.3 is 0 Å². The Morgan fingerprint density at radius 1 is 1.58 bits per heavy atom. The number of benzene rings is 1. The van der Waals surface area contributed by atoms with Crippen LogP contribution in [0.5, 0.6) is 0 Å². The lowest BCUT2D eigenvalue weighted by Gasteiger charge is -2.10. The third kappa shape index (κ3) is 3.29. The molecule has 3 N–H and O–H groups in total.